The molecule has 0 aliphatic carbocycles. The van der Waals surface area contributed by atoms with Gasteiger partial charge in [0.15, 0.2) is 9.84 Å². The molecule has 1 aliphatic heterocycles. The normalized spacial score (nSPS) is 16.3. The van der Waals surface area contributed by atoms with Crippen LogP contribution in [0.5, 0.6) is 0 Å². The summed E-state index contributed by atoms with van der Waals surface area (Å²) < 4.78 is 22.8. The Morgan fingerprint density at radius 3 is 2.36 bits per heavy atom. The highest BCUT2D eigenvalue weighted by Gasteiger charge is 2.21. The molecule has 2 aromatic rings. The van der Waals surface area contributed by atoms with Gasteiger partial charge >= 0.3 is 0 Å². The Morgan fingerprint density at radius 1 is 1.00 bits per heavy atom. The molecule has 3 rings (SSSR count). The molecule has 0 bridgehead atoms. The van der Waals surface area contributed by atoms with Crippen LogP contribution in [0.2, 0.25) is 0 Å². The SMILES string of the molecule is O=C(NCCN1CCS(=O)(=O)CC1)c1ccc(NC(=O)c2ccccn2)cc1. The number of anilines is 1. The molecule has 0 atom stereocenters. The molecule has 9 heteroatoms. The molecular weight excluding hydrogens is 380 g/mol. The number of hydrogen-bond acceptors (Lipinski definition) is 6. The first-order chi connectivity index (χ1) is 13.4. The molecule has 0 saturated carbocycles. The summed E-state index contributed by atoms with van der Waals surface area (Å²) in [6.07, 6.45) is 1.55. The summed E-state index contributed by atoms with van der Waals surface area (Å²) in [4.78, 5) is 30.3. The number of pyridine rings is 1. The number of nitrogens with one attached hydrogen (secondary N) is 2. The van der Waals surface area contributed by atoms with E-state index in [0.29, 0.717) is 43.1 Å². The van der Waals surface area contributed by atoms with Crippen LogP contribution in [0.25, 0.3) is 0 Å². The molecule has 1 aromatic heterocycles. The summed E-state index contributed by atoms with van der Waals surface area (Å²) in [6, 6.07) is 11.7. The lowest BCUT2D eigenvalue weighted by Gasteiger charge is -2.26. The van der Waals surface area contributed by atoms with E-state index in [4.69, 9.17) is 0 Å². The van der Waals surface area contributed by atoms with Crippen LogP contribution in [0.15, 0.2) is 48.7 Å². The Hall–Kier alpha value is -2.78. The molecule has 0 spiro atoms. The van der Waals surface area contributed by atoms with Gasteiger partial charge in [-0.15, -0.1) is 0 Å². The second-order valence-electron chi connectivity index (χ2n) is 6.50. The molecule has 2 heterocycles. The maximum Gasteiger partial charge on any atom is 0.274 e. The summed E-state index contributed by atoms with van der Waals surface area (Å²) in [5.41, 5.74) is 1.37. The second-order valence-corrected chi connectivity index (χ2v) is 8.80. The number of benzene rings is 1. The molecule has 1 aromatic carbocycles. The lowest BCUT2D eigenvalue weighted by atomic mass is 10.2. The van der Waals surface area contributed by atoms with Gasteiger partial charge in [-0.3, -0.25) is 19.5 Å². The van der Waals surface area contributed by atoms with E-state index in [1.54, 1.807) is 48.7 Å². The minimum absolute atomic E-state index is 0.173. The van der Waals surface area contributed by atoms with Crippen molar-refractivity contribution in [3.63, 3.8) is 0 Å². The Kier molecular flexibility index (Phi) is 6.37. The fourth-order valence-corrected chi connectivity index (χ4v) is 4.08. The molecular formula is C19H22N4O4S. The van der Waals surface area contributed by atoms with Gasteiger partial charge in [0, 0.05) is 43.6 Å². The highest BCUT2D eigenvalue weighted by molar-refractivity contribution is 7.91. The first-order valence-electron chi connectivity index (χ1n) is 8.96. The van der Waals surface area contributed by atoms with Crippen molar-refractivity contribution in [2.75, 3.05) is 43.0 Å². The minimum atomic E-state index is -2.89. The monoisotopic (exact) mass is 402 g/mol. The zero-order valence-corrected chi connectivity index (χ0v) is 16.1. The number of carbonyl (C=O) groups excluding carboxylic acids is 2. The van der Waals surface area contributed by atoms with Gasteiger partial charge in [0.25, 0.3) is 11.8 Å². The predicted molar refractivity (Wildman–Crippen MR) is 106 cm³/mol. The van der Waals surface area contributed by atoms with Crippen molar-refractivity contribution in [3.05, 3.63) is 59.9 Å². The molecule has 2 amide bonds. The van der Waals surface area contributed by atoms with Gasteiger partial charge in [-0.1, -0.05) is 6.07 Å². The lowest BCUT2D eigenvalue weighted by Crippen LogP contribution is -2.43. The van der Waals surface area contributed by atoms with Gasteiger partial charge in [-0.05, 0) is 36.4 Å². The fourth-order valence-electron chi connectivity index (χ4n) is 2.80. The first kappa shape index (κ1) is 20.0. The van der Waals surface area contributed by atoms with Crippen molar-refractivity contribution in [1.29, 1.82) is 0 Å². The van der Waals surface area contributed by atoms with Crippen LogP contribution in [-0.4, -0.2) is 67.8 Å². The van der Waals surface area contributed by atoms with Gasteiger partial charge in [0.05, 0.1) is 11.5 Å². The van der Waals surface area contributed by atoms with Crippen molar-refractivity contribution in [2.45, 2.75) is 0 Å². The number of rotatable bonds is 6. The van der Waals surface area contributed by atoms with Crippen LogP contribution < -0.4 is 10.6 Å². The number of amides is 2. The van der Waals surface area contributed by atoms with E-state index in [1.807, 2.05) is 4.90 Å². The Balaban J connectivity index is 1.45. The van der Waals surface area contributed by atoms with Crippen LogP contribution in [0, 0.1) is 0 Å². The third-order valence-electron chi connectivity index (χ3n) is 4.45. The third kappa shape index (κ3) is 5.61. The third-order valence-corrected chi connectivity index (χ3v) is 6.06. The number of hydrogen-bond donors (Lipinski definition) is 2. The molecule has 8 nitrogen and oxygen atoms in total. The van der Waals surface area contributed by atoms with Crippen LogP contribution in [0.1, 0.15) is 20.8 Å². The van der Waals surface area contributed by atoms with E-state index < -0.39 is 9.84 Å². The summed E-state index contributed by atoms with van der Waals surface area (Å²) in [6.45, 7) is 2.06. The average molecular weight is 402 g/mol. The van der Waals surface area contributed by atoms with Crippen molar-refractivity contribution in [3.8, 4) is 0 Å². The maximum atomic E-state index is 12.2. The Labute approximate surface area is 163 Å². The summed E-state index contributed by atoms with van der Waals surface area (Å²) in [5, 5.41) is 5.55. The van der Waals surface area contributed by atoms with E-state index >= 15 is 0 Å². The van der Waals surface area contributed by atoms with Crippen molar-refractivity contribution >= 4 is 27.3 Å². The van der Waals surface area contributed by atoms with Gasteiger partial charge in [0.1, 0.15) is 5.69 Å². The largest absolute Gasteiger partial charge is 0.351 e. The number of aromatic nitrogens is 1. The van der Waals surface area contributed by atoms with Crippen molar-refractivity contribution in [2.24, 2.45) is 0 Å². The van der Waals surface area contributed by atoms with Gasteiger partial charge in [-0.25, -0.2) is 8.42 Å². The quantitative estimate of drug-likeness (QED) is 0.740. The smallest absolute Gasteiger partial charge is 0.274 e. The van der Waals surface area contributed by atoms with E-state index in [0.717, 1.165) is 0 Å². The predicted octanol–water partition coefficient (Wildman–Crippen LogP) is 0.794. The highest BCUT2D eigenvalue weighted by Crippen LogP contribution is 2.11. The van der Waals surface area contributed by atoms with E-state index in [1.165, 1.54) is 0 Å². The highest BCUT2D eigenvalue weighted by atomic mass is 32.2. The summed E-state index contributed by atoms with van der Waals surface area (Å²) >= 11 is 0. The Morgan fingerprint density at radius 2 is 1.71 bits per heavy atom. The van der Waals surface area contributed by atoms with Gasteiger partial charge in [0.2, 0.25) is 0 Å². The van der Waals surface area contributed by atoms with Crippen LogP contribution in [0.3, 0.4) is 0 Å². The molecule has 1 fully saturated rings. The molecule has 0 radical (unpaired) electrons. The summed E-state index contributed by atoms with van der Waals surface area (Å²) in [7, 11) is -2.89. The van der Waals surface area contributed by atoms with E-state index in [2.05, 4.69) is 15.6 Å². The topological polar surface area (TPSA) is 108 Å². The van der Waals surface area contributed by atoms with Crippen LogP contribution >= 0.6 is 0 Å². The molecule has 28 heavy (non-hydrogen) atoms. The van der Waals surface area contributed by atoms with Crippen molar-refractivity contribution in [1.82, 2.24) is 15.2 Å². The molecule has 0 unspecified atom stereocenters. The van der Waals surface area contributed by atoms with Gasteiger partial charge < -0.3 is 10.6 Å². The number of carbonyl (C=O) groups is 2. The zero-order valence-electron chi connectivity index (χ0n) is 15.3. The standard InChI is InChI=1S/C19H22N4O4S/c24-18(21-9-10-23-11-13-28(26,27)14-12-23)15-4-6-16(7-5-15)22-19(25)17-3-1-2-8-20-17/h1-8H,9-14H2,(H,21,24)(H,22,25). The van der Waals surface area contributed by atoms with E-state index in [9.17, 15) is 18.0 Å². The molecule has 1 aliphatic rings. The first-order valence-corrected chi connectivity index (χ1v) is 10.8. The lowest BCUT2D eigenvalue weighted by molar-refractivity contribution is 0.0948. The molecule has 1 saturated heterocycles. The minimum Gasteiger partial charge on any atom is -0.351 e. The Bertz CT molecular complexity index is 916. The average Bonchev–Trinajstić information content (AvgIpc) is 2.70. The zero-order chi connectivity index (χ0) is 20.0. The van der Waals surface area contributed by atoms with Crippen LogP contribution in [0.4, 0.5) is 5.69 Å². The van der Waals surface area contributed by atoms with Crippen molar-refractivity contribution < 1.29 is 18.0 Å². The number of sulfone groups is 1. The van der Waals surface area contributed by atoms with Crippen LogP contribution in [-0.2, 0) is 9.84 Å². The van der Waals surface area contributed by atoms with E-state index in [-0.39, 0.29) is 23.3 Å². The maximum absolute atomic E-state index is 12.2. The molecule has 2 N–H and O–H groups in total. The summed E-state index contributed by atoms with van der Waals surface area (Å²) in [5.74, 6) is -0.187. The fraction of sp³-hybridized carbons (Fsp3) is 0.316. The second kappa shape index (κ2) is 8.94. The van der Waals surface area contributed by atoms with Gasteiger partial charge in [-0.2, -0.15) is 0 Å². The number of nitrogens with zero attached hydrogens (tertiary/aromatic N) is 2. The molecule has 148 valence electrons.